The quantitative estimate of drug-likeness (QED) is 0.575. The summed E-state index contributed by atoms with van der Waals surface area (Å²) in [6, 6.07) is 18.0. The number of hydrogen-bond acceptors (Lipinski definition) is 2. The van der Waals surface area contributed by atoms with Crippen molar-refractivity contribution in [3.63, 3.8) is 0 Å². The van der Waals surface area contributed by atoms with E-state index in [-0.39, 0.29) is 0 Å². The molecule has 0 bridgehead atoms. The van der Waals surface area contributed by atoms with E-state index in [1.807, 2.05) is 0 Å². The van der Waals surface area contributed by atoms with Crippen LogP contribution in [-0.4, -0.2) is 24.7 Å². The molecule has 0 amide bonds. The Morgan fingerprint density at radius 1 is 0.889 bits per heavy atom. The Labute approximate surface area is 164 Å². The SMILES string of the molecule is C=N/C1=C(\N(C)C(C)C)c2ccccc2C(C(C)C)C(C)c2ccccc21. The Morgan fingerprint density at radius 3 is 2.00 bits per heavy atom. The summed E-state index contributed by atoms with van der Waals surface area (Å²) in [5, 5.41) is 0. The summed E-state index contributed by atoms with van der Waals surface area (Å²) in [6.07, 6.45) is 0. The van der Waals surface area contributed by atoms with Crippen LogP contribution >= 0.6 is 0 Å². The van der Waals surface area contributed by atoms with Crippen LogP contribution in [0.5, 0.6) is 0 Å². The minimum atomic E-state index is 0.367. The number of aliphatic imine (C=N–C) groups is 1. The summed E-state index contributed by atoms with van der Waals surface area (Å²) in [5.74, 6) is 1.40. The molecule has 2 atom stereocenters. The van der Waals surface area contributed by atoms with E-state index in [0.717, 1.165) is 5.70 Å². The standard InChI is InChI=1S/C25H32N2/c1-16(2)23-18(5)19-12-8-10-14-21(19)24(26-6)25(27(7)17(3)4)22-15-11-9-13-20(22)23/h8-18,23H,6H2,1-5,7H3/b25-24-. The molecule has 2 nitrogen and oxygen atoms in total. The van der Waals surface area contributed by atoms with Crippen LogP contribution in [-0.2, 0) is 0 Å². The minimum absolute atomic E-state index is 0.367. The lowest BCUT2D eigenvalue weighted by atomic mass is 9.71. The zero-order valence-electron chi connectivity index (χ0n) is 17.5. The molecule has 0 saturated heterocycles. The first-order valence-corrected chi connectivity index (χ1v) is 10.0. The van der Waals surface area contributed by atoms with Gasteiger partial charge in [-0.15, -0.1) is 0 Å². The van der Waals surface area contributed by atoms with Crippen LogP contribution in [0.4, 0.5) is 0 Å². The van der Waals surface area contributed by atoms with Gasteiger partial charge in [0.05, 0.1) is 11.4 Å². The minimum Gasteiger partial charge on any atom is -0.370 e. The van der Waals surface area contributed by atoms with Gasteiger partial charge in [-0.05, 0) is 49.4 Å². The molecule has 0 saturated carbocycles. The first-order chi connectivity index (χ1) is 12.9. The highest BCUT2D eigenvalue weighted by atomic mass is 15.1. The lowest BCUT2D eigenvalue weighted by Gasteiger charge is -2.37. The third-order valence-electron chi connectivity index (χ3n) is 6.05. The largest absolute Gasteiger partial charge is 0.370 e. The fourth-order valence-electron chi connectivity index (χ4n) is 4.54. The van der Waals surface area contributed by atoms with Crippen molar-refractivity contribution in [3.05, 3.63) is 70.8 Å². The van der Waals surface area contributed by atoms with Crippen LogP contribution in [0.2, 0.25) is 0 Å². The van der Waals surface area contributed by atoms with Gasteiger partial charge in [0.1, 0.15) is 0 Å². The number of nitrogens with zero attached hydrogens (tertiary/aromatic N) is 2. The van der Waals surface area contributed by atoms with Gasteiger partial charge in [-0.3, -0.25) is 4.99 Å². The Kier molecular flexibility index (Phi) is 5.55. The molecule has 0 heterocycles. The van der Waals surface area contributed by atoms with Crippen molar-refractivity contribution in [2.45, 2.75) is 52.5 Å². The van der Waals surface area contributed by atoms with Crippen molar-refractivity contribution < 1.29 is 0 Å². The normalized spacial score (nSPS) is 22.1. The lowest BCUT2D eigenvalue weighted by Crippen LogP contribution is -2.28. The van der Waals surface area contributed by atoms with Crippen molar-refractivity contribution in [1.82, 2.24) is 4.90 Å². The first kappa shape index (κ1) is 19.4. The second-order valence-corrected chi connectivity index (χ2v) is 8.29. The maximum atomic E-state index is 4.57. The van der Waals surface area contributed by atoms with Crippen LogP contribution < -0.4 is 0 Å². The average molecular weight is 361 g/mol. The van der Waals surface area contributed by atoms with Gasteiger partial charge in [-0.1, -0.05) is 69.3 Å². The lowest BCUT2D eigenvalue weighted by molar-refractivity contribution is 0.392. The zero-order chi connectivity index (χ0) is 19.7. The zero-order valence-corrected chi connectivity index (χ0v) is 17.5. The maximum absolute atomic E-state index is 4.57. The summed E-state index contributed by atoms with van der Waals surface area (Å²) in [4.78, 5) is 6.91. The topological polar surface area (TPSA) is 15.6 Å². The van der Waals surface area contributed by atoms with Gasteiger partial charge in [-0.25, -0.2) is 0 Å². The average Bonchev–Trinajstić information content (AvgIpc) is 2.65. The molecule has 0 aromatic heterocycles. The highest BCUT2D eigenvalue weighted by Gasteiger charge is 2.33. The van der Waals surface area contributed by atoms with Crippen LogP contribution in [0.1, 0.15) is 68.7 Å². The molecular weight excluding hydrogens is 328 g/mol. The second kappa shape index (κ2) is 7.72. The first-order valence-electron chi connectivity index (χ1n) is 10.0. The molecule has 0 radical (unpaired) electrons. The molecule has 0 fully saturated rings. The highest BCUT2D eigenvalue weighted by molar-refractivity contribution is 5.93. The van der Waals surface area contributed by atoms with E-state index in [2.05, 4.69) is 107 Å². The fourth-order valence-corrected chi connectivity index (χ4v) is 4.54. The molecule has 2 aromatic rings. The van der Waals surface area contributed by atoms with Gasteiger partial charge in [0.25, 0.3) is 0 Å². The second-order valence-electron chi connectivity index (χ2n) is 8.29. The molecule has 0 aliphatic heterocycles. The molecule has 0 N–H and O–H groups in total. The van der Waals surface area contributed by atoms with E-state index in [4.69, 9.17) is 0 Å². The summed E-state index contributed by atoms with van der Waals surface area (Å²) in [5.41, 5.74) is 7.45. The summed E-state index contributed by atoms with van der Waals surface area (Å²) in [7, 11) is 2.17. The third kappa shape index (κ3) is 3.34. The number of rotatable bonds is 4. The van der Waals surface area contributed by atoms with E-state index in [1.54, 1.807) is 0 Å². The molecule has 1 aliphatic carbocycles. The van der Waals surface area contributed by atoms with Crippen LogP contribution in [0, 0.1) is 5.92 Å². The Bertz CT molecular complexity index is 860. The van der Waals surface area contributed by atoms with Gasteiger partial charge < -0.3 is 4.90 Å². The molecule has 3 rings (SSSR count). The molecule has 1 aliphatic rings. The Morgan fingerprint density at radius 2 is 1.44 bits per heavy atom. The molecule has 27 heavy (non-hydrogen) atoms. The van der Waals surface area contributed by atoms with Crippen molar-refractivity contribution in [1.29, 1.82) is 0 Å². The number of benzene rings is 2. The van der Waals surface area contributed by atoms with E-state index >= 15 is 0 Å². The molecule has 2 unspecified atom stereocenters. The van der Waals surface area contributed by atoms with E-state index in [9.17, 15) is 0 Å². The number of hydrogen-bond donors (Lipinski definition) is 0. The Balaban J connectivity index is 2.47. The molecule has 2 heteroatoms. The monoisotopic (exact) mass is 360 g/mol. The smallest absolute Gasteiger partial charge is 0.0937 e. The highest BCUT2D eigenvalue weighted by Crippen LogP contribution is 2.47. The number of fused-ring (bicyclic) bond motifs is 2. The van der Waals surface area contributed by atoms with Crippen molar-refractivity contribution in [2.75, 3.05) is 7.05 Å². The Hall–Kier alpha value is -2.35. The summed E-state index contributed by atoms with van der Waals surface area (Å²) >= 11 is 0. The molecule has 2 aromatic carbocycles. The van der Waals surface area contributed by atoms with Crippen LogP contribution in [0.3, 0.4) is 0 Å². The fraction of sp³-hybridized carbons (Fsp3) is 0.400. The molecular formula is C25H32N2. The predicted octanol–water partition coefficient (Wildman–Crippen LogP) is 6.41. The van der Waals surface area contributed by atoms with Crippen molar-refractivity contribution in [2.24, 2.45) is 10.9 Å². The van der Waals surface area contributed by atoms with Gasteiger partial charge in [0, 0.05) is 24.2 Å². The summed E-state index contributed by atoms with van der Waals surface area (Å²) in [6.45, 7) is 15.5. The van der Waals surface area contributed by atoms with Gasteiger partial charge in [-0.2, -0.15) is 0 Å². The van der Waals surface area contributed by atoms with Crippen molar-refractivity contribution in [3.8, 4) is 0 Å². The van der Waals surface area contributed by atoms with Gasteiger partial charge in [0.2, 0.25) is 0 Å². The van der Waals surface area contributed by atoms with Crippen LogP contribution in [0.25, 0.3) is 11.4 Å². The maximum Gasteiger partial charge on any atom is 0.0937 e. The van der Waals surface area contributed by atoms with Crippen LogP contribution in [0.15, 0.2) is 53.5 Å². The van der Waals surface area contributed by atoms with Gasteiger partial charge >= 0.3 is 0 Å². The van der Waals surface area contributed by atoms with E-state index in [1.165, 1.54) is 28.0 Å². The third-order valence-corrected chi connectivity index (χ3v) is 6.05. The van der Waals surface area contributed by atoms with Gasteiger partial charge in [0.15, 0.2) is 0 Å². The van der Waals surface area contributed by atoms with E-state index < -0.39 is 0 Å². The van der Waals surface area contributed by atoms with Crippen molar-refractivity contribution >= 4 is 18.1 Å². The molecule has 0 spiro atoms. The molecule has 142 valence electrons. The van der Waals surface area contributed by atoms with E-state index in [0.29, 0.717) is 23.8 Å². The summed E-state index contributed by atoms with van der Waals surface area (Å²) < 4.78 is 0. The predicted molar refractivity (Wildman–Crippen MR) is 118 cm³/mol.